The Balaban J connectivity index is 2.01. The van der Waals surface area contributed by atoms with Crippen molar-refractivity contribution < 1.29 is 17.9 Å². The number of nitrogens with zero attached hydrogens (tertiary/aromatic N) is 3. The van der Waals surface area contributed by atoms with Gasteiger partial charge in [0.2, 0.25) is 15.9 Å². The number of fused-ring (bicyclic) bond motifs is 2. The molecule has 0 bridgehead atoms. The Hall–Kier alpha value is -1.64. The average Bonchev–Trinajstić information content (AvgIpc) is 2.86. The van der Waals surface area contributed by atoms with Gasteiger partial charge in [-0.25, -0.2) is 8.42 Å². The van der Waals surface area contributed by atoms with Gasteiger partial charge in [0.1, 0.15) is 16.7 Å². The molecule has 0 unspecified atom stereocenters. The number of amides is 1. The summed E-state index contributed by atoms with van der Waals surface area (Å²) in [6.07, 6.45) is 2.18. The zero-order valence-corrected chi connectivity index (χ0v) is 17.1. The van der Waals surface area contributed by atoms with Crippen LogP contribution in [0.1, 0.15) is 26.2 Å². The van der Waals surface area contributed by atoms with Crippen LogP contribution in [-0.4, -0.2) is 80.9 Å². The Bertz CT molecular complexity index is 781. The molecule has 0 spiro atoms. The number of carbonyl (C=O) groups is 1. The molecule has 2 heterocycles. The standard InChI is InChI=1S/C19H29N3O4S/c1-4-11-21-12-9-15-16(10-13-21)26-17-7-5-6-8-18(17)27(24,25)22(15)14-19(23)20(2)3/h5-8,15-16H,4,9-14H2,1-3H3/t15-,16-/m1/s1. The fraction of sp³-hybridized carbons (Fsp3) is 0.632. The summed E-state index contributed by atoms with van der Waals surface area (Å²) in [5, 5.41) is 0. The highest BCUT2D eigenvalue weighted by atomic mass is 32.2. The molecule has 150 valence electrons. The van der Waals surface area contributed by atoms with Crippen LogP contribution in [0.15, 0.2) is 29.2 Å². The van der Waals surface area contributed by atoms with E-state index in [1.165, 1.54) is 9.21 Å². The van der Waals surface area contributed by atoms with Crippen LogP contribution in [-0.2, 0) is 14.8 Å². The minimum absolute atomic E-state index is 0.148. The third-order valence-electron chi connectivity index (χ3n) is 5.31. The summed E-state index contributed by atoms with van der Waals surface area (Å²) >= 11 is 0. The van der Waals surface area contributed by atoms with Crippen molar-refractivity contribution in [3.8, 4) is 5.75 Å². The van der Waals surface area contributed by atoms with Crippen molar-refractivity contribution in [3.05, 3.63) is 24.3 Å². The average molecular weight is 396 g/mol. The van der Waals surface area contributed by atoms with Gasteiger partial charge in [-0.05, 0) is 44.5 Å². The molecule has 8 heteroatoms. The SMILES string of the molecule is CCCN1CC[C@@H]2[C@@H](CC1)Oc1ccccc1S(=O)(=O)N2CC(=O)N(C)C. The lowest BCUT2D eigenvalue weighted by Gasteiger charge is -2.32. The predicted octanol–water partition coefficient (Wildman–Crippen LogP) is 1.40. The highest BCUT2D eigenvalue weighted by Crippen LogP contribution is 2.36. The first-order valence-corrected chi connectivity index (χ1v) is 11.0. The summed E-state index contributed by atoms with van der Waals surface area (Å²) in [5.41, 5.74) is 0. The lowest BCUT2D eigenvalue weighted by atomic mass is 10.1. The number of ether oxygens (including phenoxy) is 1. The minimum Gasteiger partial charge on any atom is -0.487 e. The predicted molar refractivity (Wildman–Crippen MR) is 103 cm³/mol. The van der Waals surface area contributed by atoms with Gasteiger partial charge in [-0.15, -0.1) is 0 Å². The zero-order chi connectivity index (χ0) is 19.6. The van der Waals surface area contributed by atoms with Crippen molar-refractivity contribution >= 4 is 15.9 Å². The van der Waals surface area contributed by atoms with E-state index in [0.29, 0.717) is 12.2 Å². The smallest absolute Gasteiger partial charge is 0.247 e. The summed E-state index contributed by atoms with van der Waals surface area (Å²) in [4.78, 5) is 16.3. The van der Waals surface area contributed by atoms with E-state index in [0.717, 1.165) is 32.5 Å². The molecule has 7 nitrogen and oxygen atoms in total. The maximum absolute atomic E-state index is 13.4. The van der Waals surface area contributed by atoms with Crippen LogP contribution in [0.2, 0.25) is 0 Å². The van der Waals surface area contributed by atoms with Gasteiger partial charge in [0.05, 0.1) is 12.6 Å². The third kappa shape index (κ3) is 4.12. The number of para-hydroxylation sites is 1. The first-order valence-electron chi connectivity index (χ1n) is 9.54. The van der Waals surface area contributed by atoms with E-state index in [1.54, 1.807) is 38.4 Å². The van der Waals surface area contributed by atoms with Crippen LogP contribution in [0.4, 0.5) is 0 Å². The van der Waals surface area contributed by atoms with E-state index in [2.05, 4.69) is 11.8 Å². The molecule has 0 aromatic heterocycles. The summed E-state index contributed by atoms with van der Waals surface area (Å²) in [5.74, 6) is 0.155. The van der Waals surface area contributed by atoms with E-state index < -0.39 is 10.0 Å². The van der Waals surface area contributed by atoms with Crippen molar-refractivity contribution in [1.82, 2.24) is 14.1 Å². The first-order chi connectivity index (χ1) is 12.8. The van der Waals surface area contributed by atoms with E-state index in [4.69, 9.17) is 4.74 Å². The van der Waals surface area contributed by atoms with Crippen LogP contribution in [0.5, 0.6) is 5.75 Å². The van der Waals surface area contributed by atoms with Crippen LogP contribution >= 0.6 is 0 Å². The summed E-state index contributed by atoms with van der Waals surface area (Å²) in [7, 11) is -0.535. The van der Waals surface area contributed by atoms with Gasteiger partial charge in [-0.3, -0.25) is 4.79 Å². The van der Waals surface area contributed by atoms with Crippen molar-refractivity contribution in [1.29, 1.82) is 0 Å². The van der Waals surface area contributed by atoms with E-state index >= 15 is 0 Å². The van der Waals surface area contributed by atoms with E-state index in [1.807, 2.05) is 0 Å². The van der Waals surface area contributed by atoms with Crippen molar-refractivity contribution in [2.75, 3.05) is 40.3 Å². The normalized spacial score (nSPS) is 25.4. The number of carbonyl (C=O) groups excluding carboxylic acids is 1. The fourth-order valence-electron chi connectivity index (χ4n) is 3.83. The number of benzene rings is 1. The van der Waals surface area contributed by atoms with Crippen LogP contribution < -0.4 is 4.74 Å². The second-order valence-electron chi connectivity index (χ2n) is 7.43. The summed E-state index contributed by atoms with van der Waals surface area (Å²) in [6.45, 7) is 4.63. The quantitative estimate of drug-likeness (QED) is 0.771. The zero-order valence-electron chi connectivity index (χ0n) is 16.3. The Kier molecular flexibility index (Phi) is 6.08. The second kappa shape index (κ2) is 8.16. The molecule has 0 radical (unpaired) electrons. The molecular formula is C19H29N3O4S. The molecular weight excluding hydrogens is 366 g/mol. The third-order valence-corrected chi connectivity index (χ3v) is 7.22. The number of hydrogen-bond donors (Lipinski definition) is 0. The molecule has 0 saturated carbocycles. The van der Waals surface area contributed by atoms with Crippen LogP contribution in [0.3, 0.4) is 0 Å². The van der Waals surface area contributed by atoms with Gasteiger partial charge in [-0.1, -0.05) is 19.1 Å². The maximum Gasteiger partial charge on any atom is 0.247 e. The fourth-order valence-corrected chi connectivity index (χ4v) is 5.58. The van der Waals surface area contributed by atoms with Crippen molar-refractivity contribution in [2.24, 2.45) is 0 Å². The van der Waals surface area contributed by atoms with Gasteiger partial charge < -0.3 is 14.5 Å². The number of likely N-dealkylation sites (tertiary alicyclic amines) is 1. The highest BCUT2D eigenvalue weighted by molar-refractivity contribution is 7.89. The molecule has 27 heavy (non-hydrogen) atoms. The van der Waals surface area contributed by atoms with E-state index in [-0.39, 0.29) is 29.5 Å². The van der Waals surface area contributed by atoms with E-state index in [9.17, 15) is 13.2 Å². The monoisotopic (exact) mass is 395 g/mol. The molecule has 0 N–H and O–H groups in total. The molecule has 1 fully saturated rings. The number of rotatable bonds is 4. The minimum atomic E-state index is -3.82. The molecule has 1 aromatic carbocycles. The summed E-state index contributed by atoms with van der Waals surface area (Å²) < 4.78 is 34.4. The van der Waals surface area contributed by atoms with Gasteiger partial charge in [0.15, 0.2) is 0 Å². The van der Waals surface area contributed by atoms with Gasteiger partial charge in [0, 0.05) is 20.6 Å². The van der Waals surface area contributed by atoms with Crippen LogP contribution in [0, 0.1) is 0 Å². The summed E-state index contributed by atoms with van der Waals surface area (Å²) in [6, 6.07) is 6.38. The molecule has 1 saturated heterocycles. The molecule has 2 atom stereocenters. The number of sulfonamides is 1. The van der Waals surface area contributed by atoms with Crippen LogP contribution in [0.25, 0.3) is 0 Å². The Morgan fingerprint density at radius 2 is 1.93 bits per heavy atom. The second-order valence-corrected chi connectivity index (χ2v) is 9.29. The molecule has 0 aliphatic carbocycles. The number of likely N-dealkylation sites (N-methyl/N-ethyl adjacent to an activating group) is 1. The Morgan fingerprint density at radius 3 is 2.63 bits per heavy atom. The topological polar surface area (TPSA) is 70.2 Å². The molecule has 2 aliphatic rings. The van der Waals surface area contributed by atoms with Gasteiger partial charge in [-0.2, -0.15) is 4.31 Å². The molecule has 1 aromatic rings. The van der Waals surface area contributed by atoms with Crippen molar-refractivity contribution in [2.45, 2.75) is 43.2 Å². The maximum atomic E-state index is 13.4. The lowest BCUT2D eigenvalue weighted by molar-refractivity contribution is -0.129. The molecule has 2 aliphatic heterocycles. The molecule has 1 amide bonds. The first kappa shape index (κ1) is 20.1. The van der Waals surface area contributed by atoms with Gasteiger partial charge in [0.25, 0.3) is 0 Å². The lowest BCUT2D eigenvalue weighted by Crippen LogP contribution is -2.50. The highest BCUT2D eigenvalue weighted by Gasteiger charge is 2.44. The molecule has 3 rings (SSSR count). The largest absolute Gasteiger partial charge is 0.487 e. The Morgan fingerprint density at radius 1 is 1.22 bits per heavy atom. The number of hydrogen-bond acceptors (Lipinski definition) is 5. The van der Waals surface area contributed by atoms with Gasteiger partial charge >= 0.3 is 0 Å². The Labute approximate surface area is 161 Å². The van der Waals surface area contributed by atoms with Crippen molar-refractivity contribution in [3.63, 3.8) is 0 Å².